The number of hydrogen-bond acceptors (Lipinski definition) is 4. The van der Waals surface area contributed by atoms with E-state index in [1.807, 2.05) is 25.1 Å². The van der Waals surface area contributed by atoms with Crippen LogP contribution in [0.25, 0.3) is 0 Å². The van der Waals surface area contributed by atoms with Gasteiger partial charge in [-0.25, -0.2) is 0 Å². The van der Waals surface area contributed by atoms with Gasteiger partial charge in [-0.1, -0.05) is 12.1 Å². The Morgan fingerprint density at radius 1 is 1.29 bits per heavy atom. The topological polar surface area (TPSA) is 87.5 Å². The summed E-state index contributed by atoms with van der Waals surface area (Å²) in [6.45, 7) is 3.37. The standard InChI is InChI=1S/C15H24N4O2/c1-11(16)14(20)18-10-12-5-4-6-13(9-12)15(21)17-7-8-19(2)3/h4-6,9,11H,7-8,10,16H2,1-3H3,(H,17,21)(H,18,20)/t11-/m1/s1. The summed E-state index contributed by atoms with van der Waals surface area (Å²) in [6, 6.07) is 6.64. The molecule has 0 aromatic heterocycles. The Morgan fingerprint density at radius 2 is 2.00 bits per heavy atom. The van der Waals surface area contributed by atoms with E-state index in [4.69, 9.17) is 5.73 Å². The molecule has 1 rings (SSSR count). The molecular weight excluding hydrogens is 268 g/mol. The SMILES string of the molecule is C[C@@H](N)C(=O)NCc1cccc(C(=O)NCCN(C)C)c1. The van der Waals surface area contributed by atoms with Crippen molar-refractivity contribution in [3.8, 4) is 0 Å². The average Bonchev–Trinajstić information content (AvgIpc) is 2.44. The van der Waals surface area contributed by atoms with Crippen LogP contribution in [-0.4, -0.2) is 49.9 Å². The fourth-order valence-corrected chi connectivity index (χ4v) is 1.67. The zero-order valence-corrected chi connectivity index (χ0v) is 12.8. The third-order valence-electron chi connectivity index (χ3n) is 2.91. The van der Waals surface area contributed by atoms with Gasteiger partial charge in [0.05, 0.1) is 6.04 Å². The minimum atomic E-state index is -0.539. The third-order valence-corrected chi connectivity index (χ3v) is 2.91. The molecule has 0 saturated heterocycles. The molecule has 4 N–H and O–H groups in total. The van der Waals surface area contributed by atoms with E-state index in [0.29, 0.717) is 18.7 Å². The number of hydrogen-bond donors (Lipinski definition) is 3. The maximum Gasteiger partial charge on any atom is 0.251 e. The van der Waals surface area contributed by atoms with Crippen LogP contribution < -0.4 is 16.4 Å². The Bertz CT molecular complexity index is 486. The smallest absolute Gasteiger partial charge is 0.251 e. The molecule has 0 aliphatic carbocycles. The summed E-state index contributed by atoms with van der Waals surface area (Å²) in [5.74, 6) is -0.326. The first-order chi connectivity index (χ1) is 9.90. The summed E-state index contributed by atoms with van der Waals surface area (Å²) < 4.78 is 0. The summed E-state index contributed by atoms with van der Waals surface area (Å²) in [7, 11) is 3.90. The van der Waals surface area contributed by atoms with Gasteiger partial charge in [-0.15, -0.1) is 0 Å². The Hall–Kier alpha value is -1.92. The second-order valence-electron chi connectivity index (χ2n) is 5.27. The van der Waals surface area contributed by atoms with Gasteiger partial charge in [0.1, 0.15) is 0 Å². The van der Waals surface area contributed by atoms with Crippen LogP contribution in [0.4, 0.5) is 0 Å². The van der Waals surface area contributed by atoms with Crippen molar-refractivity contribution in [2.45, 2.75) is 19.5 Å². The highest BCUT2D eigenvalue weighted by atomic mass is 16.2. The number of nitrogens with zero attached hydrogens (tertiary/aromatic N) is 1. The minimum Gasteiger partial charge on any atom is -0.351 e. The largest absolute Gasteiger partial charge is 0.351 e. The van der Waals surface area contributed by atoms with Crippen LogP contribution in [0.5, 0.6) is 0 Å². The Balaban J connectivity index is 2.55. The van der Waals surface area contributed by atoms with Gasteiger partial charge in [0, 0.05) is 25.2 Å². The average molecular weight is 292 g/mol. The summed E-state index contributed by atoms with van der Waals surface area (Å²) in [5.41, 5.74) is 6.93. The van der Waals surface area contributed by atoms with E-state index >= 15 is 0 Å². The Morgan fingerprint density at radius 3 is 2.62 bits per heavy atom. The molecule has 2 amide bonds. The molecule has 0 aliphatic heterocycles. The van der Waals surface area contributed by atoms with Crippen LogP contribution in [0.3, 0.4) is 0 Å². The monoisotopic (exact) mass is 292 g/mol. The number of carbonyl (C=O) groups excluding carboxylic acids is 2. The summed E-state index contributed by atoms with van der Waals surface area (Å²) >= 11 is 0. The van der Waals surface area contributed by atoms with Gasteiger partial charge in [-0.2, -0.15) is 0 Å². The molecule has 1 atom stereocenters. The number of rotatable bonds is 7. The van der Waals surface area contributed by atoms with Gasteiger partial charge in [0.2, 0.25) is 5.91 Å². The van der Waals surface area contributed by atoms with Crippen LogP contribution >= 0.6 is 0 Å². The van der Waals surface area contributed by atoms with E-state index in [1.54, 1.807) is 25.1 Å². The lowest BCUT2D eigenvalue weighted by molar-refractivity contribution is -0.122. The number of nitrogens with two attached hydrogens (primary N) is 1. The van der Waals surface area contributed by atoms with Crippen molar-refractivity contribution in [1.82, 2.24) is 15.5 Å². The molecule has 0 aliphatic rings. The minimum absolute atomic E-state index is 0.114. The lowest BCUT2D eigenvalue weighted by Crippen LogP contribution is -2.37. The molecule has 21 heavy (non-hydrogen) atoms. The molecule has 0 saturated carbocycles. The first-order valence-corrected chi connectivity index (χ1v) is 6.95. The molecule has 0 unspecified atom stereocenters. The van der Waals surface area contributed by atoms with Crippen molar-refractivity contribution < 1.29 is 9.59 Å². The van der Waals surface area contributed by atoms with E-state index in [-0.39, 0.29) is 11.8 Å². The molecule has 0 spiro atoms. The zero-order valence-electron chi connectivity index (χ0n) is 12.8. The molecule has 0 fully saturated rings. The maximum atomic E-state index is 12.0. The first-order valence-electron chi connectivity index (χ1n) is 6.95. The van der Waals surface area contributed by atoms with Gasteiger partial charge in [0.25, 0.3) is 5.91 Å². The van der Waals surface area contributed by atoms with Gasteiger partial charge in [-0.05, 0) is 38.7 Å². The zero-order chi connectivity index (χ0) is 15.8. The fourth-order valence-electron chi connectivity index (χ4n) is 1.67. The van der Waals surface area contributed by atoms with E-state index in [2.05, 4.69) is 10.6 Å². The predicted molar refractivity (Wildman–Crippen MR) is 82.8 cm³/mol. The fraction of sp³-hybridized carbons (Fsp3) is 0.467. The normalized spacial score (nSPS) is 12.0. The van der Waals surface area contributed by atoms with Crippen molar-refractivity contribution >= 4 is 11.8 Å². The molecule has 1 aromatic carbocycles. The molecule has 6 heteroatoms. The lowest BCUT2D eigenvalue weighted by atomic mass is 10.1. The third kappa shape index (κ3) is 6.37. The van der Waals surface area contributed by atoms with Crippen molar-refractivity contribution in [3.63, 3.8) is 0 Å². The summed E-state index contributed by atoms with van der Waals surface area (Å²) in [4.78, 5) is 25.4. The van der Waals surface area contributed by atoms with Crippen molar-refractivity contribution in [2.24, 2.45) is 5.73 Å². The van der Waals surface area contributed by atoms with E-state index in [9.17, 15) is 9.59 Å². The van der Waals surface area contributed by atoms with Gasteiger partial charge in [-0.3, -0.25) is 9.59 Å². The first kappa shape index (κ1) is 17.1. The Labute approximate surface area is 125 Å². The van der Waals surface area contributed by atoms with Crippen molar-refractivity contribution in [2.75, 3.05) is 27.2 Å². The van der Waals surface area contributed by atoms with Crippen LogP contribution in [-0.2, 0) is 11.3 Å². The quantitative estimate of drug-likeness (QED) is 0.657. The molecule has 6 nitrogen and oxygen atoms in total. The van der Waals surface area contributed by atoms with Crippen LogP contribution in [0.2, 0.25) is 0 Å². The highest BCUT2D eigenvalue weighted by molar-refractivity contribution is 5.94. The molecule has 0 bridgehead atoms. The highest BCUT2D eigenvalue weighted by Crippen LogP contribution is 2.05. The van der Waals surface area contributed by atoms with E-state index < -0.39 is 6.04 Å². The number of nitrogens with one attached hydrogen (secondary N) is 2. The Kier molecular flexibility index (Phi) is 6.84. The second-order valence-corrected chi connectivity index (χ2v) is 5.27. The number of carbonyl (C=O) groups is 2. The van der Waals surface area contributed by atoms with Crippen LogP contribution in [0, 0.1) is 0 Å². The number of amides is 2. The molecular formula is C15H24N4O2. The van der Waals surface area contributed by atoms with Gasteiger partial charge < -0.3 is 21.3 Å². The summed E-state index contributed by atoms with van der Waals surface area (Å²) in [6.07, 6.45) is 0. The van der Waals surface area contributed by atoms with Crippen LogP contribution in [0.15, 0.2) is 24.3 Å². The molecule has 0 radical (unpaired) electrons. The van der Waals surface area contributed by atoms with E-state index in [0.717, 1.165) is 12.1 Å². The van der Waals surface area contributed by atoms with Gasteiger partial charge in [0.15, 0.2) is 0 Å². The van der Waals surface area contributed by atoms with Crippen LogP contribution in [0.1, 0.15) is 22.8 Å². The van der Waals surface area contributed by atoms with E-state index in [1.165, 1.54) is 0 Å². The lowest BCUT2D eigenvalue weighted by Gasteiger charge is -2.11. The van der Waals surface area contributed by atoms with Gasteiger partial charge >= 0.3 is 0 Å². The van der Waals surface area contributed by atoms with Crippen molar-refractivity contribution in [1.29, 1.82) is 0 Å². The highest BCUT2D eigenvalue weighted by Gasteiger charge is 2.08. The predicted octanol–water partition coefficient (Wildman–Crippen LogP) is -0.0586. The summed E-state index contributed by atoms with van der Waals surface area (Å²) in [5, 5.41) is 5.57. The molecule has 116 valence electrons. The number of benzene rings is 1. The second kappa shape index (κ2) is 8.39. The number of likely N-dealkylation sites (N-methyl/N-ethyl adjacent to an activating group) is 1. The van der Waals surface area contributed by atoms with Crippen molar-refractivity contribution in [3.05, 3.63) is 35.4 Å². The molecule has 0 heterocycles. The molecule has 1 aromatic rings. The maximum absolute atomic E-state index is 12.0.